The van der Waals surface area contributed by atoms with Gasteiger partial charge >= 0.3 is 0 Å². The first kappa shape index (κ1) is 13.9. The molecule has 0 aromatic heterocycles. The van der Waals surface area contributed by atoms with Crippen LogP contribution in [0.5, 0.6) is 0 Å². The summed E-state index contributed by atoms with van der Waals surface area (Å²) in [4.78, 5) is 12.3. The molecule has 2 fully saturated rings. The second-order valence-corrected chi connectivity index (χ2v) is 7.73. The third-order valence-electron chi connectivity index (χ3n) is 4.32. The Bertz CT molecular complexity index is 537. The van der Waals surface area contributed by atoms with Crippen molar-refractivity contribution in [1.29, 1.82) is 0 Å². The number of fused-ring (bicyclic) bond motifs is 2. The highest BCUT2D eigenvalue weighted by Gasteiger charge is 2.42. The molecule has 108 valence electrons. The highest BCUT2D eigenvalue weighted by molar-refractivity contribution is 7.86. The maximum Gasteiger partial charge on any atom is 0.140 e. The van der Waals surface area contributed by atoms with Crippen LogP contribution in [0.15, 0.2) is 18.2 Å². The van der Waals surface area contributed by atoms with Crippen molar-refractivity contribution in [2.75, 3.05) is 0 Å². The Morgan fingerprint density at radius 1 is 1.10 bits per heavy atom. The molecule has 2 aliphatic rings. The van der Waals surface area contributed by atoms with Gasteiger partial charge in [-0.15, -0.1) is 0 Å². The molecule has 0 radical (unpaired) electrons. The van der Waals surface area contributed by atoms with Gasteiger partial charge in [-0.2, -0.15) is 0 Å². The first-order valence-corrected chi connectivity index (χ1v) is 8.17. The maximum atomic E-state index is 13.1. The van der Waals surface area contributed by atoms with E-state index in [-0.39, 0.29) is 28.6 Å². The zero-order chi connectivity index (χ0) is 14.3. The number of ketones is 1. The molecular formula is C15H16F2O2S. The first-order valence-electron chi connectivity index (χ1n) is 6.90. The maximum absolute atomic E-state index is 13.1. The molecule has 2 unspecified atom stereocenters. The van der Waals surface area contributed by atoms with Gasteiger partial charge in [0.2, 0.25) is 0 Å². The molecule has 0 N–H and O–H groups in total. The summed E-state index contributed by atoms with van der Waals surface area (Å²) in [7, 11) is -0.782. The molecule has 2 heterocycles. The van der Waals surface area contributed by atoms with Crippen LogP contribution in [0, 0.1) is 17.6 Å². The number of Topliss-reactive ketones (excluding diaryl/α,β-unsaturated/α-hetero) is 1. The van der Waals surface area contributed by atoms with Crippen LogP contribution in [-0.2, 0) is 22.0 Å². The van der Waals surface area contributed by atoms with Crippen LogP contribution in [0.4, 0.5) is 8.78 Å². The molecule has 1 aromatic carbocycles. The monoisotopic (exact) mass is 298 g/mol. The number of hydrogen-bond donors (Lipinski definition) is 0. The number of rotatable bonds is 3. The van der Waals surface area contributed by atoms with Crippen molar-refractivity contribution < 1.29 is 17.8 Å². The van der Waals surface area contributed by atoms with Gasteiger partial charge in [0.25, 0.3) is 0 Å². The lowest BCUT2D eigenvalue weighted by Crippen LogP contribution is -2.32. The topological polar surface area (TPSA) is 34.1 Å². The normalized spacial score (nSPS) is 32.3. The van der Waals surface area contributed by atoms with Crippen LogP contribution >= 0.6 is 0 Å². The summed E-state index contributed by atoms with van der Waals surface area (Å²) in [6, 6.07) is 3.21. The third-order valence-corrected chi connectivity index (χ3v) is 6.49. The minimum atomic E-state index is -0.782. The number of benzene rings is 1. The largest absolute Gasteiger partial charge is 0.299 e. The molecular weight excluding hydrogens is 282 g/mol. The molecule has 2 bridgehead atoms. The number of carbonyl (C=O) groups is 1. The van der Waals surface area contributed by atoms with Gasteiger partial charge in [0.15, 0.2) is 0 Å². The SMILES string of the molecule is O=C(Cc1cc(F)cc(F)c1)C1CC2CCC(C1)S2=O. The summed E-state index contributed by atoms with van der Waals surface area (Å²) in [5.74, 6) is -1.39. The fourth-order valence-corrected chi connectivity index (χ4v) is 5.48. The van der Waals surface area contributed by atoms with E-state index < -0.39 is 22.4 Å². The molecule has 0 amide bonds. The van der Waals surface area contributed by atoms with Crippen molar-refractivity contribution in [3.05, 3.63) is 35.4 Å². The van der Waals surface area contributed by atoms with Crippen LogP contribution in [0.3, 0.4) is 0 Å². The minimum absolute atomic E-state index is 0.0172. The predicted octanol–water partition coefficient (Wildman–Crippen LogP) is 2.77. The Kier molecular flexibility index (Phi) is 3.71. The van der Waals surface area contributed by atoms with Crippen molar-refractivity contribution in [3.8, 4) is 0 Å². The molecule has 3 rings (SSSR count). The standard InChI is InChI=1S/C15H16F2O2S/c16-11-3-9(4-12(17)8-11)5-15(18)10-6-13-1-2-14(7-10)20(13)19/h3-4,8,10,13-14H,1-2,5-7H2. The van der Waals surface area contributed by atoms with Crippen molar-refractivity contribution in [1.82, 2.24) is 0 Å². The van der Waals surface area contributed by atoms with Gasteiger partial charge in [0.1, 0.15) is 17.4 Å². The molecule has 2 aliphatic heterocycles. The van der Waals surface area contributed by atoms with E-state index in [4.69, 9.17) is 0 Å². The fraction of sp³-hybridized carbons (Fsp3) is 0.533. The fourth-order valence-electron chi connectivity index (χ4n) is 3.35. The van der Waals surface area contributed by atoms with Crippen LogP contribution in [0.1, 0.15) is 31.2 Å². The predicted molar refractivity (Wildman–Crippen MR) is 72.7 cm³/mol. The molecule has 20 heavy (non-hydrogen) atoms. The summed E-state index contributed by atoms with van der Waals surface area (Å²) in [6.45, 7) is 0. The van der Waals surface area contributed by atoms with Gasteiger partial charge in [-0.25, -0.2) is 8.78 Å². The van der Waals surface area contributed by atoms with Crippen LogP contribution in [-0.4, -0.2) is 20.5 Å². The van der Waals surface area contributed by atoms with Crippen LogP contribution in [0.25, 0.3) is 0 Å². The summed E-state index contributed by atoms with van der Waals surface area (Å²) in [6.07, 6.45) is 3.27. The summed E-state index contributed by atoms with van der Waals surface area (Å²) in [5, 5.41) is 0.291. The zero-order valence-electron chi connectivity index (χ0n) is 11.0. The van der Waals surface area contributed by atoms with Gasteiger partial charge in [-0.3, -0.25) is 9.00 Å². The highest BCUT2D eigenvalue weighted by Crippen LogP contribution is 2.39. The average molecular weight is 298 g/mol. The summed E-state index contributed by atoms with van der Waals surface area (Å²) in [5.41, 5.74) is 0.381. The number of halogens is 2. The van der Waals surface area contributed by atoms with Crippen molar-refractivity contribution in [2.24, 2.45) is 5.92 Å². The Labute approximate surface area is 119 Å². The smallest absolute Gasteiger partial charge is 0.140 e. The number of hydrogen-bond acceptors (Lipinski definition) is 2. The Balaban J connectivity index is 1.69. The van der Waals surface area contributed by atoms with Gasteiger partial charge in [-0.05, 0) is 43.4 Å². The number of carbonyl (C=O) groups excluding carboxylic acids is 1. The van der Waals surface area contributed by atoms with E-state index in [1.54, 1.807) is 0 Å². The van der Waals surface area contributed by atoms with E-state index in [1.165, 1.54) is 12.1 Å². The van der Waals surface area contributed by atoms with E-state index in [9.17, 15) is 17.8 Å². The Morgan fingerprint density at radius 3 is 2.20 bits per heavy atom. The van der Waals surface area contributed by atoms with E-state index >= 15 is 0 Å². The Hall–Kier alpha value is -1.10. The quantitative estimate of drug-likeness (QED) is 0.860. The van der Waals surface area contributed by atoms with E-state index in [2.05, 4.69) is 0 Å². The lowest BCUT2D eigenvalue weighted by atomic mass is 9.91. The summed E-state index contributed by atoms with van der Waals surface area (Å²) >= 11 is 0. The lowest BCUT2D eigenvalue weighted by Gasteiger charge is -2.26. The molecule has 0 spiro atoms. The molecule has 2 saturated heterocycles. The van der Waals surface area contributed by atoms with E-state index in [0.29, 0.717) is 18.4 Å². The first-order chi connectivity index (χ1) is 9.52. The van der Waals surface area contributed by atoms with Crippen LogP contribution in [0.2, 0.25) is 0 Å². The van der Waals surface area contributed by atoms with Gasteiger partial charge in [0.05, 0.1) is 0 Å². The molecule has 5 heteroatoms. The van der Waals surface area contributed by atoms with Crippen molar-refractivity contribution in [2.45, 2.75) is 42.6 Å². The van der Waals surface area contributed by atoms with Gasteiger partial charge in [-0.1, -0.05) is 0 Å². The zero-order valence-corrected chi connectivity index (χ0v) is 11.8. The second kappa shape index (κ2) is 5.35. The van der Waals surface area contributed by atoms with Gasteiger partial charge in [0, 0.05) is 39.7 Å². The van der Waals surface area contributed by atoms with Crippen LogP contribution < -0.4 is 0 Å². The van der Waals surface area contributed by atoms with Crippen molar-refractivity contribution >= 4 is 16.6 Å². The molecule has 1 aromatic rings. The average Bonchev–Trinajstić information content (AvgIpc) is 2.61. The van der Waals surface area contributed by atoms with Crippen molar-refractivity contribution in [3.63, 3.8) is 0 Å². The third kappa shape index (κ3) is 2.68. The van der Waals surface area contributed by atoms with E-state index in [1.807, 2.05) is 0 Å². The molecule has 0 aliphatic carbocycles. The van der Waals surface area contributed by atoms with Gasteiger partial charge < -0.3 is 0 Å². The van der Waals surface area contributed by atoms with E-state index in [0.717, 1.165) is 18.9 Å². The highest BCUT2D eigenvalue weighted by atomic mass is 32.2. The Morgan fingerprint density at radius 2 is 1.65 bits per heavy atom. The second-order valence-electron chi connectivity index (χ2n) is 5.74. The molecule has 0 saturated carbocycles. The molecule has 2 atom stereocenters. The lowest BCUT2D eigenvalue weighted by molar-refractivity contribution is -0.122. The molecule has 2 nitrogen and oxygen atoms in total. The summed E-state index contributed by atoms with van der Waals surface area (Å²) < 4.78 is 38.1. The minimum Gasteiger partial charge on any atom is -0.299 e.